The van der Waals surface area contributed by atoms with Gasteiger partial charge in [0.1, 0.15) is 0 Å². The molecule has 0 fully saturated rings. The summed E-state index contributed by atoms with van der Waals surface area (Å²) in [6, 6.07) is 4.78. The number of unbranched alkanes of at least 4 members (excludes halogenated alkanes) is 1. The van der Waals surface area contributed by atoms with E-state index in [4.69, 9.17) is 16.3 Å². The van der Waals surface area contributed by atoms with Gasteiger partial charge in [0.25, 0.3) is 0 Å². The number of ether oxygens (including phenoxy) is 1. The summed E-state index contributed by atoms with van der Waals surface area (Å²) in [4.78, 5) is 24.3. The van der Waals surface area contributed by atoms with E-state index in [-0.39, 0.29) is 11.8 Å². The maximum Gasteiger partial charge on any atom is 0.338 e. The molecule has 1 aromatic carbocycles. The van der Waals surface area contributed by atoms with E-state index >= 15 is 0 Å². The first-order valence-corrected chi connectivity index (χ1v) is 8.68. The Balaban J connectivity index is 2.82. The summed E-state index contributed by atoms with van der Waals surface area (Å²) in [5.41, 5.74) is 0.845. The molecule has 0 saturated heterocycles. The molecule has 0 aromatic heterocycles. The molecule has 1 amide bonds. The molecule has 128 valence electrons. The van der Waals surface area contributed by atoms with E-state index in [1.54, 1.807) is 18.2 Å². The zero-order chi connectivity index (χ0) is 17.2. The SMILES string of the molecule is CCCC[C@H](CC)C(=O)Nc1cc(C(=O)OCCC)ccc1Cl. The van der Waals surface area contributed by atoms with Crippen molar-refractivity contribution < 1.29 is 14.3 Å². The summed E-state index contributed by atoms with van der Waals surface area (Å²) in [6.07, 6.45) is 4.47. The first-order valence-electron chi connectivity index (χ1n) is 8.30. The maximum absolute atomic E-state index is 12.4. The van der Waals surface area contributed by atoms with Crippen LogP contribution in [0.25, 0.3) is 0 Å². The molecule has 1 rings (SSSR count). The highest BCUT2D eigenvalue weighted by atomic mass is 35.5. The van der Waals surface area contributed by atoms with Crippen molar-refractivity contribution >= 4 is 29.2 Å². The Morgan fingerprint density at radius 2 is 1.96 bits per heavy atom. The van der Waals surface area contributed by atoms with E-state index in [1.165, 1.54) is 0 Å². The second kappa shape index (κ2) is 10.3. The van der Waals surface area contributed by atoms with Gasteiger partial charge < -0.3 is 10.1 Å². The molecule has 23 heavy (non-hydrogen) atoms. The van der Waals surface area contributed by atoms with Gasteiger partial charge in [-0.2, -0.15) is 0 Å². The summed E-state index contributed by atoms with van der Waals surface area (Å²) in [5, 5.41) is 3.26. The van der Waals surface area contributed by atoms with Crippen molar-refractivity contribution in [2.24, 2.45) is 5.92 Å². The first-order chi connectivity index (χ1) is 11.0. The van der Waals surface area contributed by atoms with E-state index in [1.807, 2.05) is 13.8 Å². The summed E-state index contributed by atoms with van der Waals surface area (Å²) < 4.78 is 5.10. The third-order valence-corrected chi connectivity index (χ3v) is 4.00. The fourth-order valence-electron chi connectivity index (χ4n) is 2.23. The van der Waals surface area contributed by atoms with Crippen molar-refractivity contribution in [1.29, 1.82) is 0 Å². The zero-order valence-electron chi connectivity index (χ0n) is 14.2. The second-order valence-corrected chi connectivity index (χ2v) is 5.97. The van der Waals surface area contributed by atoms with Crippen LogP contribution >= 0.6 is 11.6 Å². The van der Waals surface area contributed by atoms with Crippen molar-refractivity contribution in [3.8, 4) is 0 Å². The van der Waals surface area contributed by atoms with Gasteiger partial charge in [-0.15, -0.1) is 0 Å². The molecule has 1 N–H and O–H groups in total. The summed E-state index contributed by atoms with van der Waals surface area (Å²) in [6.45, 7) is 6.41. The van der Waals surface area contributed by atoms with E-state index in [0.717, 1.165) is 32.1 Å². The summed E-state index contributed by atoms with van der Waals surface area (Å²) >= 11 is 6.13. The number of halogens is 1. The number of rotatable bonds is 9. The Kier molecular flexibility index (Phi) is 8.70. The molecule has 0 heterocycles. The molecule has 0 aliphatic rings. The van der Waals surface area contributed by atoms with Crippen molar-refractivity contribution in [2.75, 3.05) is 11.9 Å². The molecule has 1 aromatic rings. The largest absolute Gasteiger partial charge is 0.462 e. The number of hydrogen-bond acceptors (Lipinski definition) is 3. The minimum atomic E-state index is -0.406. The second-order valence-electron chi connectivity index (χ2n) is 5.57. The van der Waals surface area contributed by atoms with Crippen LogP contribution in [0.2, 0.25) is 5.02 Å². The Morgan fingerprint density at radius 1 is 1.22 bits per heavy atom. The number of benzene rings is 1. The fraction of sp³-hybridized carbons (Fsp3) is 0.556. The highest BCUT2D eigenvalue weighted by molar-refractivity contribution is 6.33. The van der Waals surface area contributed by atoms with Gasteiger partial charge in [-0.05, 0) is 37.5 Å². The highest BCUT2D eigenvalue weighted by Gasteiger charge is 2.18. The number of nitrogens with one attached hydrogen (secondary N) is 1. The van der Waals surface area contributed by atoms with E-state index in [2.05, 4.69) is 12.2 Å². The van der Waals surface area contributed by atoms with Gasteiger partial charge in [0.05, 0.1) is 22.9 Å². The topological polar surface area (TPSA) is 55.4 Å². The first kappa shape index (κ1) is 19.5. The minimum absolute atomic E-state index is 0.0401. The van der Waals surface area contributed by atoms with Crippen LogP contribution in [0.1, 0.15) is 63.2 Å². The molecule has 4 nitrogen and oxygen atoms in total. The van der Waals surface area contributed by atoms with Crippen LogP contribution in [0.15, 0.2) is 18.2 Å². The number of anilines is 1. The molecule has 0 aliphatic carbocycles. The van der Waals surface area contributed by atoms with Gasteiger partial charge in [0, 0.05) is 5.92 Å². The summed E-state index contributed by atoms with van der Waals surface area (Å²) in [7, 11) is 0. The molecule has 0 saturated carbocycles. The normalized spacial score (nSPS) is 11.8. The molecule has 5 heteroatoms. The molecule has 0 unspecified atom stereocenters. The molecule has 0 spiro atoms. The number of amides is 1. The Hall–Kier alpha value is -1.55. The lowest BCUT2D eigenvalue weighted by molar-refractivity contribution is -0.120. The van der Waals surface area contributed by atoms with Crippen LogP contribution in [-0.2, 0) is 9.53 Å². The van der Waals surface area contributed by atoms with Gasteiger partial charge in [-0.25, -0.2) is 4.79 Å². The Morgan fingerprint density at radius 3 is 2.57 bits per heavy atom. The van der Waals surface area contributed by atoms with E-state index in [9.17, 15) is 9.59 Å². The van der Waals surface area contributed by atoms with Crippen LogP contribution in [0.5, 0.6) is 0 Å². The van der Waals surface area contributed by atoms with E-state index in [0.29, 0.717) is 22.9 Å². The quantitative estimate of drug-likeness (QED) is 0.639. The van der Waals surface area contributed by atoms with Gasteiger partial charge in [0.15, 0.2) is 0 Å². The lowest BCUT2D eigenvalue weighted by Crippen LogP contribution is -2.22. The monoisotopic (exact) mass is 339 g/mol. The van der Waals surface area contributed by atoms with Crippen molar-refractivity contribution in [2.45, 2.75) is 52.9 Å². The molecular weight excluding hydrogens is 314 g/mol. The van der Waals surface area contributed by atoms with Crippen LogP contribution in [-0.4, -0.2) is 18.5 Å². The maximum atomic E-state index is 12.4. The highest BCUT2D eigenvalue weighted by Crippen LogP contribution is 2.25. The smallest absolute Gasteiger partial charge is 0.338 e. The van der Waals surface area contributed by atoms with Gasteiger partial charge in [-0.1, -0.05) is 45.2 Å². The van der Waals surface area contributed by atoms with Crippen molar-refractivity contribution in [3.05, 3.63) is 28.8 Å². The van der Waals surface area contributed by atoms with Crippen LogP contribution in [0.3, 0.4) is 0 Å². The Bertz CT molecular complexity index is 531. The van der Waals surface area contributed by atoms with Crippen LogP contribution < -0.4 is 5.32 Å². The van der Waals surface area contributed by atoms with Gasteiger partial charge in [0.2, 0.25) is 5.91 Å². The Labute approximate surface area is 143 Å². The average Bonchev–Trinajstić information content (AvgIpc) is 2.55. The predicted octanol–water partition coefficient (Wildman–Crippen LogP) is 5.06. The molecule has 1 atom stereocenters. The average molecular weight is 340 g/mol. The minimum Gasteiger partial charge on any atom is -0.462 e. The molecular formula is C18H26ClNO3. The van der Waals surface area contributed by atoms with Gasteiger partial charge >= 0.3 is 5.97 Å². The number of carbonyl (C=O) groups excluding carboxylic acids is 2. The number of carbonyl (C=O) groups is 2. The lowest BCUT2D eigenvalue weighted by Gasteiger charge is -2.16. The molecule has 0 radical (unpaired) electrons. The number of esters is 1. The number of hydrogen-bond donors (Lipinski definition) is 1. The lowest BCUT2D eigenvalue weighted by atomic mass is 9.98. The standard InChI is InChI=1S/C18H26ClNO3/c1-4-7-8-13(6-3)17(21)20-16-12-14(9-10-15(16)19)18(22)23-11-5-2/h9-10,12-13H,4-8,11H2,1-3H3,(H,20,21)/t13-/m0/s1. The predicted molar refractivity (Wildman–Crippen MR) is 94.0 cm³/mol. The third kappa shape index (κ3) is 6.22. The zero-order valence-corrected chi connectivity index (χ0v) is 14.9. The van der Waals surface area contributed by atoms with Crippen molar-refractivity contribution in [3.63, 3.8) is 0 Å². The third-order valence-electron chi connectivity index (χ3n) is 3.67. The van der Waals surface area contributed by atoms with Crippen LogP contribution in [0.4, 0.5) is 5.69 Å². The summed E-state index contributed by atoms with van der Waals surface area (Å²) in [5.74, 6) is -0.499. The fourth-order valence-corrected chi connectivity index (χ4v) is 2.40. The van der Waals surface area contributed by atoms with Crippen LogP contribution in [0, 0.1) is 5.92 Å². The van der Waals surface area contributed by atoms with E-state index < -0.39 is 5.97 Å². The van der Waals surface area contributed by atoms with Gasteiger partial charge in [-0.3, -0.25) is 4.79 Å². The van der Waals surface area contributed by atoms with Crippen molar-refractivity contribution in [1.82, 2.24) is 0 Å². The molecule has 0 aliphatic heterocycles. The molecule has 0 bridgehead atoms.